The number of hydrogen-bond acceptors (Lipinski definition) is 4. The van der Waals surface area contributed by atoms with Gasteiger partial charge in [0.25, 0.3) is 5.91 Å². The number of fused-ring (bicyclic) bond motifs is 1. The molecule has 0 saturated carbocycles. The van der Waals surface area contributed by atoms with Gasteiger partial charge >= 0.3 is 0 Å². The Morgan fingerprint density at radius 2 is 2.04 bits per heavy atom. The normalized spacial score (nSPS) is 11.2. The van der Waals surface area contributed by atoms with Crippen LogP contribution in [-0.4, -0.2) is 17.5 Å². The van der Waals surface area contributed by atoms with E-state index in [-0.39, 0.29) is 12.5 Å². The van der Waals surface area contributed by atoms with Crippen LogP contribution in [-0.2, 0) is 4.79 Å². The lowest BCUT2D eigenvalue weighted by atomic mass is 10.0. The van der Waals surface area contributed by atoms with Gasteiger partial charge in [-0.15, -0.1) is 0 Å². The number of aromatic nitrogens is 1. The van der Waals surface area contributed by atoms with Crippen LogP contribution in [0.5, 0.6) is 5.75 Å². The largest absolute Gasteiger partial charge is 0.483 e. The molecule has 0 bridgehead atoms. The zero-order valence-electron chi connectivity index (χ0n) is 15.2. The predicted molar refractivity (Wildman–Crippen MR) is 111 cm³/mol. The van der Waals surface area contributed by atoms with Crippen molar-refractivity contribution in [3.8, 4) is 5.75 Å². The van der Waals surface area contributed by atoms with E-state index in [2.05, 4.69) is 59.1 Å². The van der Waals surface area contributed by atoms with Gasteiger partial charge in [0.1, 0.15) is 5.75 Å². The Labute approximate surface area is 165 Å². The molecular formula is C20H21BrN2O2S. The van der Waals surface area contributed by atoms with Crippen LogP contribution in [0.1, 0.15) is 36.5 Å². The highest BCUT2D eigenvalue weighted by atomic mass is 79.9. The van der Waals surface area contributed by atoms with Crippen molar-refractivity contribution < 1.29 is 9.53 Å². The molecule has 1 heterocycles. The number of aryl methyl sites for hydroxylation is 2. The minimum atomic E-state index is -0.224. The van der Waals surface area contributed by atoms with Gasteiger partial charge in [-0.3, -0.25) is 10.1 Å². The third-order valence-electron chi connectivity index (χ3n) is 4.06. The molecule has 1 aromatic heterocycles. The monoisotopic (exact) mass is 432 g/mol. The summed E-state index contributed by atoms with van der Waals surface area (Å²) < 4.78 is 7.56. The van der Waals surface area contributed by atoms with E-state index in [4.69, 9.17) is 4.74 Å². The molecule has 0 aliphatic carbocycles. The Hall–Kier alpha value is -1.92. The molecule has 26 heavy (non-hydrogen) atoms. The van der Waals surface area contributed by atoms with Gasteiger partial charge in [0, 0.05) is 0 Å². The second-order valence-electron chi connectivity index (χ2n) is 6.63. The first kappa shape index (κ1) is 18.9. The van der Waals surface area contributed by atoms with E-state index in [1.807, 2.05) is 25.1 Å². The number of nitrogens with one attached hydrogen (secondary N) is 1. The third-order valence-corrected chi connectivity index (χ3v) is 5.60. The maximum Gasteiger partial charge on any atom is 0.264 e. The Bertz CT molecular complexity index is 966. The van der Waals surface area contributed by atoms with Gasteiger partial charge in [0.15, 0.2) is 11.7 Å². The number of nitrogens with zero attached hydrogens (tertiary/aromatic N) is 1. The fraction of sp³-hybridized carbons (Fsp3) is 0.300. The van der Waals surface area contributed by atoms with Crippen molar-refractivity contribution >= 4 is 48.5 Å². The van der Waals surface area contributed by atoms with Crippen molar-refractivity contribution in [1.82, 2.24) is 4.98 Å². The topological polar surface area (TPSA) is 51.2 Å². The number of anilines is 1. The molecule has 136 valence electrons. The molecule has 3 aromatic rings. The average molecular weight is 433 g/mol. The zero-order valence-corrected chi connectivity index (χ0v) is 17.6. The number of hydrogen-bond donors (Lipinski definition) is 1. The summed E-state index contributed by atoms with van der Waals surface area (Å²) in [5, 5.41) is 3.42. The highest BCUT2D eigenvalue weighted by molar-refractivity contribution is 9.10. The molecule has 1 N–H and O–H groups in total. The van der Waals surface area contributed by atoms with Gasteiger partial charge in [0.2, 0.25) is 0 Å². The third kappa shape index (κ3) is 4.24. The van der Waals surface area contributed by atoms with Crippen LogP contribution in [0.3, 0.4) is 0 Å². The minimum Gasteiger partial charge on any atom is -0.483 e. The van der Waals surface area contributed by atoms with Crippen molar-refractivity contribution in [2.75, 3.05) is 11.9 Å². The fourth-order valence-corrected chi connectivity index (χ4v) is 4.29. The van der Waals surface area contributed by atoms with E-state index in [0.29, 0.717) is 16.8 Å². The second kappa shape index (κ2) is 7.76. The number of halogens is 1. The lowest BCUT2D eigenvalue weighted by molar-refractivity contribution is -0.118. The molecule has 0 aliphatic rings. The fourth-order valence-electron chi connectivity index (χ4n) is 2.72. The summed E-state index contributed by atoms with van der Waals surface area (Å²) in [7, 11) is 0. The maximum absolute atomic E-state index is 12.2. The van der Waals surface area contributed by atoms with E-state index in [9.17, 15) is 4.79 Å². The molecule has 6 heteroatoms. The van der Waals surface area contributed by atoms with Crippen LogP contribution >= 0.6 is 27.3 Å². The Morgan fingerprint density at radius 3 is 2.73 bits per heavy atom. The van der Waals surface area contributed by atoms with Crippen molar-refractivity contribution in [2.45, 2.75) is 33.6 Å². The van der Waals surface area contributed by atoms with Crippen LogP contribution in [0.25, 0.3) is 10.2 Å². The Balaban J connectivity index is 1.65. The molecule has 1 amide bonds. The molecule has 3 rings (SSSR count). The highest BCUT2D eigenvalue weighted by Crippen LogP contribution is 2.30. The smallest absolute Gasteiger partial charge is 0.264 e. The highest BCUT2D eigenvalue weighted by Gasteiger charge is 2.12. The first-order chi connectivity index (χ1) is 12.3. The number of ether oxygens (including phenoxy) is 1. The Morgan fingerprint density at radius 1 is 1.27 bits per heavy atom. The van der Waals surface area contributed by atoms with Crippen LogP contribution in [0.15, 0.2) is 34.8 Å². The number of thiazole rings is 1. The summed E-state index contributed by atoms with van der Waals surface area (Å²) in [6.07, 6.45) is 0. The first-order valence-electron chi connectivity index (χ1n) is 8.43. The molecule has 0 unspecified atom stereocenters. The molecular weight excluding hydrogens is 412 g/mol. The zero-order chi connectivity index (χ0) is 18.8. The summed E-state index contributed by atoms with van der Waals surface area (Å²) in [6.45, 7) is 8.30. The van der Waals surface area contributed by atoms with Crippen molar-refractivity contribution in [2.24, 2.45) is 0 Å². The summed E-state index contributed by atoms with van der Waals surface area (Å²) >= 11 is 4.98. The Kier molecular flexibility index (Phi) is 5.63. The van der Waals surface area contributed by atoms with Crippen LogP contribution in [0, 0.1) is 13.8 Å². The molecule has 0 fully saturated rings. The molecule has 0 atom stereocenters. The first-order valence-corrected chi connectivity index (χ1v) is 10.0. The van der Waals surface area contributed by atoms with E-state index >= 15 is 0 Å². The summed E-state index contributed by atoms with van der Waals surface area (Å²) in [5.74, 6) is 0.869. The SMILES string of the molecule is Cc1cc(C)c2nc(NC(=O)COc3ccc(C(C)C)cc3Br)sc2c1. The summed E-state index contributed by atoms with van der Waals surface area (Å²) in [6, 6.07) is 10.1. The van der Waals surface area contributed by atoms with Gasteiger partial charge in [0.05, 0.1) is 14.7 Å². The lowest BCUT2D eigenvalue weighted by Gasteiger charge is -2.11. The molecule has 2 aromatic carbocycles. The molecule has 0 aliphatic heterocycles. The quantitative estimate of drug-likeness (QED) is 0.552. The molecule has 4 nitrogen and oxygen atoms in total. The van der Waals surface area contributed by atoms with Gasteiger partial charge in [-0.2, -0.15) is 0 Å². The number of carbonyl (C=O) groups is 1. The molecule has 0 saturated heterocycles. The van der Waals surface area contributed by atoms with Crippen molar-refractivity contribution in [3.63, 3.8) is 0 Å². The summed E-state index contributed by atoms with van der Waals surface area (Å²) in [4.78, 5) is 16.7. The average Bonchev–Trinajstić information content (AvgIpc) is 2.96. The van der Waals surface area contributed by atoms with Gasteiger partial charge < -0.3 is 4.74 Å². The van der Waals surface area contributed by atoms with E-state index in [0.717, 1.165) is 20.3 Å². The van der Waals surface area contributed by atoms with Crippen LogP contribution < -0.4 is 10.1 Å². The standard InChI is InChI=1S/C20H21BrN2O2S/c1-11(2)14-5-6-16(15(21)9-14)25-10-18(24)22-20-23-19-13(4)7-12(3)8-17(19)26-20/h5-9,11H,10H2,1-4H3,(H,22,23,24). The number of benzene rings is 2. The van der Waals surface area contributed by atoms with Crippen LogP contribution in [0.4, 0.5) is 5.13 Å². The van der Waals surface area contributed by atoms with Crippen molar-refractivity contribution in [1.29, 1.82) is 0 Å². The van der Waals surface area contributed by atoms with Gasteiger partial charge in [-0.1, -0.05) is 37.3 Å². The van der Waals surface area contributed by atoms with E-state index < -0.39 is 0 Å². The van der Waals surface area contributed by atoms with E-state index in [1.54, 1.807) is 0 Å². The number of amides is 1. The number of rotatable bonds is 5. The molecule has 0 spiro atoms. The summed E-state index contributed by atoms with van der Waals surface area (Å²) in [5.41, 5.74) is 4.45. The predicted octanol–water partition coefficient (Wildman–Crippen LogP) is 5.82. The second-order valence-corrected chi connectivity index (χ2v) is 8.51. The van der Waals surface area contributed by atoms with Crippen molar-refractivity contribution in [3.05, 3.63) is 51.5 Å². The number of carbonyl (C=O) groups excluding carboxylic acids is 1. The van der Waals surface area contributed by atoms with Crippen LogP contribution in [0.2, 0.25) is 0 Å². The minimum absolute atomic E-state index is 0.0619. The lowest BCUT2D eigenvalue weighted by Crippen LogP contribution is -2.20. The molecule has 0 radical (unpaired) electrons. The van der Waals surface area contributed by atoms with Gasteiger partial charge in [-0.05, 0) is 70.6 Å². The van der Waals surface area contributed by atoms with E-state index in [1.165, 1.54) is 22.5 Å². The maximum atomic E-state index is 12.2. The van der Waals surface area contributed by atoms with Gasteiger partial charge in [-0.25, -0.2) is 4.98 Å².